The molecule has 0 amide bonds. The highest BCUT2D eigenvalue weighted by molar-refractivity contribution is 5.72. The molecule has 6 heteroatoms. The molecule has 68 valence electrons. The Balaban J connectivity index is 3.90. The van der Waals surface area contributed by atoms with Gasteiger partial charge in [-0.15, -0.1) is 0 Å². The molecule has 0 aliphatic rings. The van der Waals surface area contributed by atoms with Gasteiger partial charge in [-0.05, 0) is 0 Å². The number of carboxylic acids is 1. The standard InChI is InChI=1S/C6H9NO5/c1-12-6(10)3-4(7-11)2-5(8)9/h4H,2-3H2,1H3,(H,8,9)/t4-/m1/s1. The van der Waals surface area contributed by atoms with Gasteiger partial charge < -0.3 is 9.84 Å². The maximum absolute atomic E-state index is 10.5. The van der Waals surface area contributed by atoms with Gasteiger partial charge in [0.05, 0.1) is 20.0 Å². The normalized spacial score (nSPS) is 11.8. The molecule has 0 radical (unpaired) electrons. The molecular formula is C6H9NO5. The molecular weight excluding hydrogens is 166 g/mol. The average Bonchev–Trinajstić information content (AvgIpc) is 2.02. The first-order chi connectivity index (χ1) is 5.60. The third-order valence-electron chi connectivity index (χ3n) is 1.19. The van der Waals surface area contributed by atoms with Gasteiger partial charge in [-0.3, -0.25) is 9.59 Å². The summed E-state index contributed by atoms with van der Waals surface area (Å²) in [7, 11) is 1.16. The number of carbonyl (C=O) groups excluding carboxylic acids is 1. The predicted octanol–water partition coefficient (Wildman–Crippen LogP) is 0.159. The van der Waals surface area contributed by atoms with Crippen LogP contribution >= 0.6 is 0 Å². The summed E-state index contributed by atoms with van der Waals surface area (Å²) in [6, 6.07) is -1.03. The van der Waals surface area contributed by atoms with Crippen molar-refractivity contribution in [2.24, 2.45) is 5.18 Å². The zero-order valence-corrected chi connectivity index (χ0v) is 6.52. The van der Waals surface area contributed by atoms with Crippen molar-refractivity contribution in [1.29, 1.82) is 0 Å². The van der Waals surface area contributed by atoms with E-state index in [9.17, 15) is 14.5 Å². The molecule has 0 aromatic rings. The Labute approximate surface area is 68.5 Å². The highest BCUT2D eigenvalue weighted by atomic mass is 16.5. The number of hydrogen-bond acceptors (Lipinski definition) is 5. The second-order valence-corrected chi connectivity index (χ2v) is 2.14. The summed E-state index contributed by atoms with van der Waals surface area (Å²) >= 11 is 0. The summed E-state index contributed by atoms with van der Waals surface area (Å²) < 4.78 is 4.23. The van der Waals surface area contributed by atoms with Gasteiger partial charge in [-0.2, -0.15) is 4.91 Å². The molecule has 0 spiro atoms. The number of aliphatic carboxylic acids is 1. The van der Waals surface area contributed by atoms with Gasteiger partial charge in [-0.25, -0.2) is 0 Å². The van der Waals surface area contributed by atoms with Crippen LogP contribution in [-0.4, -0.2) is 30.2 Å². The van der Waals surface area contributed by atoms with Crippen molar-refractivity contribution < 1.29 is 19.4 Å². The van der Waals surface area contributed by atoms with Crippen LogP contribution in [0.15, 0.2) is 5.18 Å². The summed E-state index contributed by atoms with van der Waals surface area (Å²) in [6.45, 7) is 0. The molecule has 0 aliphatic heterocycles. The Morgan fingerprint density at radius 1 is 1.50 bits per heavy atom. The number of hydrogen-bond donors (Lipinski definition) is 1. The number of carboxylic acid groups (broad SMARTS) is 1. The molecule has 0 aromatic heterocycles. The first-order valence-electron chi connectivity index (χ1n) is 3.21. The summed E-state index contributed by atoms with van der Waals surface area (Å²) in [6.07, 6.45) is -0.731. The number of methoxy groups -OCH3 is 1. The van der Waals surface area contributed by atoms with Gasteiger partial charge >= 0.3 is 11.9 Å². The fraction of sp³-hybridized carbons (Fsp3) is 0.667. The summed E-state index contributed by atoms with van der Waals surface area (Å²) in [5.74, 6) is -1.80. The van der Waals surface area contributed by atoms with E-state index in [-0.39, 0.29) is 6.42 Å². The number of nitroso groups, excluding NO2 is 1. The number of carbonyl (C=O) groups is 2. The predicted molar refractivity (Wildman–Crippen MR) is 38.5 cm³/mol. The Kier molecular flexibility index (Phi) is 4.59. The second-order valence-electron chi connectivity index (χ2n) is 2.14. The van der Waals surface area contributed by atoms with Crippen LogP contribution in [0.1, 0.15) is 12.8 Å². The summed E-state index contributed by atoms with van der Waals surface area (Å²) in [5, 5.41) is 10.7. The fourth-order valence-corrected chi connectivity index (χ4v) is 0.624. The molecule has 6 nitrogen and oxygen atoms in total. The molecule has 12 heavy (non-hydrogen) atoms. The molecule has 1 atom stereocenters. The third kappa shape index (κ3) is 4.37. The number of ether oxygens (including phenoxy) is 1. The zero-order chi connectivity index (χ0) is 9.56. The molecule has 0 saturated heterocycles. The minimum atomic E-state index is -1.16. The quantitative estimate of drug-likeness (QED) is 0.474. The highest BCUT2D eigenvalue weighted by Crippen LogP contribution is 2.04. The molecule has 0 fully saturated rings. The van der Waals surface area contributed by atoms with Crippen LogP contribution in [0.4, 0.5) is 0 Å². The van der Waals surface area contributed by atoms with Crippen molar-refractivity contribution >= 4 is 11.9 Å². The van der Waals surface area contributed by atoms with E-state index in [1.807, 2.05) is 0 Å². The van der Waals surface area contributed by atoms with Gasteiger partial charge in [0.2, 0.25) is 0 Å². The largest absolute Gasteiger partial charge is 0.481 e. The van der Waals surface area contributed by atoms with Gasteiger partial charge in [0.25, 0.3) is 0 Å². The molecule has 0 heterocycles. The molecule has 0 bridgehead atoms. The van der Waals surface area contributed by atoms with Crippen molar-refractivity contribution in [1.82, 2.24) is 0 Å². The van der Waals surface area contributed by atoms with E-state index < -0.39 is 24.4 Å². The van der Waals surface area contributed by atoms with E-state index >= 15 is 0 Å². The maximum Gasteiger partial charge on any atom is 0.307 e. The first-order valence-corrected chi connectivity index (χ1v) is 3.21. The fourth-order valence-electron chi connectivity index (χ4n) is 0.624. The minimum absolute atomic E-state index is 0.285. The van der Waals surface area contributed by atoms with Gasteiger partial charge in [0.15, 0.2) is 0 Å². The number of esters is 1. The van der Waals surface area contributed by atoms with E-state index in [2.05, 4.69) is 9.91 Å². The molecule has 1 N–H and O–H groups in total. The van der Waals surface area contributed by atoms with Crippen LogP contribution in [0.3, 0.4) is 0 Å². The van der Waals surface area contributed by atoms with Crippen molar-refractivity contribution in [3.05, 3.63) is 4.91 Å². The second kappa shape index (κ2) is 5.22. The van der Waals surface area contributed by atoms with Crippen LogP contribution < -0.4 is 0 Å². The van der Waals surface area contributed by atoms with Crippen molar-refractivity contribution in [3.8, 4) is 0 Å². The third-order valence-corrected chi connectivity index (χ3v) is 1.19. The lowest BCUT2D eigenvalue weighted by Gasteiger charge is -2.02. The van der Waals surface area contributed by atoms with E-state index in [1.165, 1.54) is 0 Å². The minimum Gasteiger partial charge on any atom is -0.481 e. The van der Waals surface area contributed by atoms with Crippen molar-refractivity contribution in [2.45, 2.75) is 18.9 Å². The van der Waals surface area contributed by atoms with Gasteiger partial charge in [-0.1, -0.05) is 5.18 Å². The number of nitrogens with zero attached hydrogens (tertiary/aromatic N) is 1. The van der Waals surface area contributed by atoms with Crippen LogP contribution in [0, 0.1) is 4.91 Å². The Morgan fingerprint density at radius 2 is 2.08 bits per heavy atom. The monoisotopic (exact) mass is 175 g/mol. The molecule has 0 saturated carbocycles. The van der Waals surface area contributed by atoms with Gasteiger partial charge in [0, 0.05) is 0 Å². The first kappa shape index (κ1) is 10.5. The highest BCUT2D eigenvalue weighted by Gasteiger charge is 2.17. The van der Waals surface area contributed by atoms with Crippen molar-refractivity contribution in [3.63, 3.8) is 0 Å². The van der Waals surface area contributed by atoms with Crippen molar-refractivity contribution in [2.75, 3.05) is 7.11 Å². The van der Waals surface area contributed by atoms with E-state index in [0.29, 0.717) is 0 Å². The maximum atomic E-state index is 10.5. The van der Waals surface area contributed by atoms with E-state index in [4.69, 9.17) is 5.11 Å². The Morgan fingerprint density at radius 3 is 2.42 bits per heavy atom. The SMILES string of the molecule is COC(=O)C[C@@H](CC(=O)O)N=O. The van der Waals surface area contributed by atoms with Crippen LogP contribution in [0.25, 0.3) is 0 Å². The topological polar surface area (TPSA) is 93.0 Å². The number of rotatable bonds is 5. The van der Waals surface area contributed by atoms with E-state index in [0.717, 1.165) is 7.11 Å². The molecule has 0 aromatic carbocycles. The molecule has 0 unspecified atom stereocenters. The van der Waals surface area contributed by atoms with Crippen LogP contribution in [0.5, 0.6) is 0 Å². The lowest BCUT2D eigenvalue weighted by molar-refractivity contribution is -0.141. The van der Waals surface area contributed by atoms with Gasteiger partial charge in [0.1, 0.15) is 6.04 Å². The van der Waals surface area contributed by atoms with Crippen LogP contribution in [0.2, 0.25) is 0 Å². The van der Waals surface area contributed by atoms with E-state index in [1.54, 1.807) is 0 Å². The zero-order valence-electron chi connectivity index (χ0n) is 6.52. The van der Waals surface area contributed by atoms with Crippen LogP contribution in [-0.2, 0) is 14.3 Å². The Hall–Kier alpha value is -1.46. The molecule has 0 rings (SSSR count). The smallest absolute Gasteiger partial charge is 0.307 e. The Bertz CT molecular complexity index is 190. The lowest BCUT2D eigenvalue weighted by atomic mass is 10.1. The molecule has 0 aliphatic carbocycles. The summed E-state index contributed by atoms with van der Waals surface area (Å²) in [4.78, 5) is 30.6. The lowest BCUT2D eigenvalue weighted by Crippen LogP contribution is -2.16. The average molecular weight is 175 g/mol. The summed E-state index contributed by atoms with van der Waals surface area (Å²) in [5.41, 5.74) is 0.